The fourth-order valence-electron chi connectivity index (χ4n) is 1.94. The largest absolute Gasteiger partial charge is 0.388 e. The molecule has 0 aliphatic rings. The molecule has 2 rings (SSSR count). The van der Waals surface area contributed by atoms with Crippen LogP contribution >= 0.6 is 71.3 Å². The van der Waals surface area contributed by atoms with E-state index in [9.17, 15) is 5.11 Å². The van der Waals surface area contributed by atoms with Crippen LogP contribution < -0.4 is 0 Å². The lowest BCUT2D eigenvalue weighted by Crippen LogP contribution is -1.99. The Bertz CT molecular complexity index is 559. The highest BCUT2D eigenvalue weighted by atomic mass is 79.9. The minimum absolute atomic E-state index is 0.381. The predicted octanol–water partition coefficient (Wildman–Crippen LogP) is 6.66. The minimum Gasteiger partial charge on any atom is -0.388 e. The number of hydrogen-bond acceptors (Lipinski definition) is 5. The first kappa shape index (κ1) is 24.4. The van der Waals surface area contributed by atoms with Crippen molar-refractivity contribution >= 4 is 71.3 Å². The molecule has 0 aliphatic heterocycles. The van der Waals surface area contributed by atoms with E-state index < -0.39 is 0 Å². The Hall–Kier alpha value is 0.400. The summed E-state index contributed by atoms with van der Waals surface area (Å²) in [5, 5.41) is 9.67. The second kappa shape index (κ2) is 14.4. The van der Waals surface area contributed by atoms with Gasteiger partial charge in [0.2, 0.25) is 0 Å². The smallest absolute Gasteiger partial charge is 0.106 e. The van der Waals surface area contributed by atoms with E-state index in [2.05, 4.69) is 70.1 Å². The van der Waals surface area contributed by atoms with Gasteiger partial charge in [-0.1, -0.05) is 28.1 Å². The van der Waals surface area contributed by atoms with Gasteiger partial charge in [-0.15, -0.1) is 0 Å². The zero-order chi connectivity index (χ0) is 19.4. The lowest BCUT2D eigenvalue weighted by Gasteiger charge is -2.08. The van der Waals surface area contributed by atoms with Crippen molar-refractivity contribution in [3.63, 3.8) is 0 Å². The lowest BCUT2D eigenvalue weighted by molar-refractivity contribution is 0.174. The molecule has 2 atom stereocenters. The second-order valence-corrected chi connectivity index (χ2v) is 10.1. The van der Waals surface area contributed by atoms with Crippen molar-refractivity contribution in [3.05, 3.63) is 57.0 Å². The van der Waals surface area contributed by atoms with Gasteiger partial charge < -0.3 is 5.11 Å². The van der Waals surface area contributed by atoms with Gasteiger partial charge in [0.15, 0.2) is 0 Å². The van der Waals surface area contributed by atoms with Crippen LogP contribution in [0.5, 0.6) is 0 Å². The first-order valence-electron chi connectivity index (χ1n) is 8.00. The maximum absolute atomic E-state index is 9.67. The normalized spacial score (nSPS) is 12.8. The molecule has 2 aromatic rings. The number of rotatable bonds is 8. The third kappa shape index (κ3) is 10.1. The topological polar surface area (TPSA) is 46.0 Å². The van der Waals surface area contributed by atoms with Gasteiger partial charge in [-0.05, 0) is 92.0 Å². The van der Waals surface area contributed by atoms with Crippen LogP contribution in [-0.4, -0.2) is 39.1 Å². The zero-order valence-corrected chi connectivity index (χ0v) is 21.1. The van der Waals surface area contributed by atoms with Crippen molar-refractivity contribution in [1.29, 1.82) is 0 Å². The van der Waals surface area contributed by atoms with Crippen molar-refractivity contribution in [2.45, 2.75) is 23.8 Å². The molecule has 2 unspecified atom stereocenters. The van der Waals surface area contributed by atoms with E-state index >= 15 is 0 Å². The molecule has 1 N–H and O–H groups in total. The first-order chi connectivity index (χ1) is 12.5. The Kier molecular flexibility index (Phi) is 13.5. The number of halogens is 3. The number of hydrogen-bond donors (Lipinski definition) is 1. The Morgan fingerprint density at radius 1 is 0.885 bits per heavy atom. The molecule has 2 heterocycles. The fourth-order valence-corrected chi connectivity index (χ4v) is 4.14. The summed E-state index contributed by atoms with van der Waals surface area (Å²) in [6.07, 6.45) is 9.31. The molecule has 0 saturated heterocycles. The molecule has 0 aromatic carbocycles. The van der Waals surface area contributed by atoms with Gasteiger partial charge >= 0.3 is 0 Å². The second-order valence-electron chi connectivity index (χ2n) is 5.37. The van der Waals surface area contributed by atoms with Gasteiger partial charge in [0.25, 0.3) is 0 Å². The van der Waals surface area contributed by atoms with Crippen LogP contribution in [0.2, 0.25) is 0 Å². The maximum Gasteiger partial charge on any atom is 0.106 e. The molecular formula is C18H23Br3N2OS2. The standard InChI is InChI=1S/C9H11Br2NS.C9H12BrNOS/c1-13-5-4-8(10)7-2-3-9(11)12-6-7;1-13-5-4-8(12)7-2-3-9(10)11-6-7/h2-3,6,8H,4-5H2,1H3;2-3,6,8,12H,4-5H2,1H3. The summed E-state index contributed by atoms with van der Waals surface area (Å²) >= 11 is 13.8. The summed E-state index contributed by atoms with van der Waals surface area (Å²) in [6.45, 7) is 0. The highest BCUT2D eigenvalue weighted by Crippen LogP contribution is 2.27. The molecule has 144 valence electrons. The predicted molar refractivity (Wildman–Crippen MR) is 126 cm³/mol. The number of aliphatic hydroxyl groups is 1. The third-order valence-corrected chi connectivity index (χ3v) is 6.63. The highest BCUT2D eigenvalue weighted by Gasteiger charge is 2.07. The molecule has 0 radical (unpaired) electrons. The van der Waals surface area contributed by atoms with Crippen LogP contribution in [0.4, 0.5) is 0 Å². The van der Waals surface area contributed by atoms with Gasteiger partial charge in [-0.3, -0.25) is 0 Å². The molecule has 0 bridgehead atoms. The molecule has 0 spiro atoms. The van der Waals surface area contributed by atoms with E-state index in [1.54, 1.807) is 18.0 Å². The average molecular weight is 587 g/mol. The molecule has 0 fully saturated rings. The summed E-state index contributed by atoms with van der Waals surface area (Å²) in [6, 6.07) is 7.80. The number of nitrogens with zero attached hydrogens (tertiary/aromatic N) is 2. The Morgan fingerprint density at radius 2 is 1.38 bits per heavy atom. The van der Waals surface area contributed by atoms with Crippen molar-refractivity contribution in [1.82, 2.24) is 9.97 Å². The summed E-state index contributed by atoms with van der Waals surface area (Å²) in [4.78, 5) is 8.68. The Labute approximate surface area is 189 Å². The van der Waals surface area contributed by atoms with Gasteiger partial charge in [0.05, 0.1) is 6.10 Å². The number of aliphatic hydroxyl groups excluding tert-OH is 1. The van der Waals surface area contributed by atoms with E-state index in [-0.39, 0.29) is 6.10 Å². The number of aromatic nitrogens is 2. The molecular weight excluding hydrogens is 564 g/mol. The fraction of sp³-hybridized carbons (Fsp3) is 0.444. The molecule has 3 nitrogen and oxygen atoms in total. The third-order valence-electron chi connectivity index (χ3n) is 3.42. The molecule has 0 saturated carbocycles. The van der Waals surface area contributed by atoms with Gasteiger partial charge in [0, 0.05) is 17.2 Å². The molecule has 2 aromatic heterocycles. The van der Waals surface area contributed by atoms with Crippen LogP contribution in [0.3, 0.4) is 0 Å². The number of alkyl halides is 1. The van der Waals surface area contributed by atoms with Crippen molar-refractivity contribution in [3.8, 4) is 0 Å². The van der Waals surface area contributed by atoms with Gasteiger partial charge in [-0.2, -0.15) is 23.5 Å². The molecule has 0 aliphatic carbocycles. The van der Waals surface area contributed by atoms with Crippen molar-refractivity contribution < 1.29 is 5.11 Å². The minimum atomic E-state index is -0.381. The van der Waals surface area contributed by atoms with Crippen LogP contribution in [0, 0.1) is 0 Å². The van der Waals surface area contributed by atoms with Crippen LogP contribution in [-0.2, 0) is 0 Å². The summed E-state index contributed by atoms with van der Waals surface area (Å²) in [5.74, 6) is 2.14. The zero-order valence-electron chi connectivity index (χ0n) is 14.7. The van der Waals surface area contributed by atoms with Crippen LogP contribution in [0.15, 0.2) is 45.9 Å². The molecule has 0 amide bonds. The van der Waals surface area contributed by atoms with Crippen LogP contribution in [0.1, 0.15) is 34.9 Å². The number of thioether (sulfide) groups is 2. The van der Waals surface area contributed by atoms with E-state index in [1.165, 1.54) is 11.3 Å². The van der Waals surface area contributed by atoms with Gasteiger partial charge in [-0.25, -0.2) is 9.97 Å². The Balaban J connectivity index is 0.000000260. The first-order valence-corrected chi connectivity index (χ1v) is 13.3. The maximum atomic E-state index is 9.67. The summed E-state index contributed by atoms with van der Waals surface area (Å²) < 4.78 is 1.69. The lowest BCUT2D eigenvalue weighted by atomic mass is 10.1. The quantitative estimate of drug-likeness (QED) is 0.277. The summed E-state index contributed by atoms with van der Waals surface area (Å²) in [7, 11) is 0. The van der Waals surface area contributed by atoms with E-state index in [0.29, 0.717) is 4.83 Å². The van der Waals surface area contributed by atoms with E-state index in [0.717, 1.165) is 33.4 Å². The van der Waals surface area contributed by atoms with E-state index in [1.807, 2.05) is 42.4 Å². The van der Waals surface area contributed by atoms with Crippen molar-refractivity contribution in [2.24, 2.45) is 0 Å². The van der Waals surface area contributed by atoms with Crippen LogP contribution in [0.25, 0.3) is 0 Å². The number of pyridine rings is 2. The molecule has 8 heteroatoms. The SMILES string of the molecule is CSCCC(Br)c1ccc(Br)nc1.CSCCC(O)c1ccc(Br)nc1. The monoisotopic (exact) mass is 584 g/mol. The highest BCUT2D eigenvalue weighted by molar-refractivity contribution is 9.10. The van der Waals surface area contributed by atoms with Gasteiger partial charge in [0.1, 0.15) is 9.21 Å². The van der Waals surface area contributed by atoms with E-state index in [4.69, 9.17) is 0 Å². The Morgan fingerprint density at radius 3 is 1.85 bits per heavy atom. The van der Waals surface area contributed by atoms with Crippen molar-refractivity contribution in [2.75, 3.05) is 24.0 Å². The summed E-state index contributed by atoms with van der Waals surface area (Å²) in [5.41, 5.74) is 2.13. The average Bonchev–Trinajstić information content (AvgIpc) is 2.66. The molecule has 26 heavy (non-hydrogen) atoms.